The van der Waals surface area contributed by atoms with Crippen molar-refractivity contribution >= 4 is 15.9 Å². The van der Waals surface area contributed by atoms with Gasteiger partial charge in [-0.25, -0.2) is 8.78 Å². The molecule has 1 nitrogen and oxygen atoms in total. The maximum atomic E-state index is 13.7. The minimum Gasteiger partial charge on any atom is -0.390 e. The number of aliphatic hydroxyl groups is 1. The van der Waals surface area contributed by atoms with Crippen molar-refractivity contribution in [1.82, 2.24) is 0 Å². The van der Waals surface area contributed by atoms with Gasteiger partial charge in [-0.2, -0.15) is 0 Å². The number of benzene rings is 1. The summed E-state index contributed by atoms with van der Waals surface area (Å²) in [6.45, 7) is 3.61. The van der Waals surface area contributed by atoms with Crippen molar-refractivity contribution in [2.45, 2.75) is 38.7 Å². The summed E-state index contributed by atoms with van der Waals surface area (Å²) in [5.74, 6) is -1.23. The molecule has 0 bridgehead atoms. The van der Waals surface area contributed by atoms with E-state index in [0.717, 1.165) is 0 Å². The third kappa shape index (κ3) is 2.80. The highest BCUT2D eigenvalue weighted by Gasteiger charge is 2.26. The summed E-state index contributed by atoms with van der Waals surface area (Å²) < 4.78 is 27.3. The predicted molar refractivity (Wildman–Crippen MR) is 63.3 cm³/mol. The molecular formula is C12H15BrF2O. The maximum absolute atomic E-state index is 13.7. The Labute approximate surface area is 103 Å². The lowest BCUT2D eigenvalue weighted by atomic mass is 9.89. The van der Waals surface area contributed by atoms with Gasteiger partial charge in [-0.15, -0.1) is 0 Å². The van der Waals surface area contributed by atoms with Gasteiger partial charge in [0.05, 0.1) is 10.1 Å². The fraction of sp³-hybridized carbons (Fsp3) is 0.500. The van der Waals surface area contributed by atoms with Crippen LogP contribution in [-0.4, -0.2) is 10.7 Å². The van der Waals surface area contributed by atoms with Crippen molar-refractivity contribution in [2.75, 3.05) is 0 Å². The van der Waals surface area contributed by atoms with Crippen LogP contribution in [-0.2, 0) is 6.42 Å². The Morgan fingerprint density at radius 2 is 1.81 bits per heavy atom. The summed E-state index contributed by atoms with van der Waals surface area (Å²) >= 11 is 3.01. The molecular weight excluding hydrogens is 278 g/mol. The van der Waals surface area contributed by atoms with E-state index >= 15 is 0 Å². The zero-order valence-corrected chi connectivity index (χ0v) is 10.9. The van der Waals surface area contributed by atoms with Crippen LogP contribution in [0.3, 0.4) is 0 Å². The van der Waals surface area contributed by atoms with E-state index in [1.807, 2.05) is 0 Å². The number of rotatable bonds is 4. The highest BCUT2D eigenvalue weighted by atomic mass is 79.9. The van der Waals surface area contributed by atoms with Crippen LogP contribution in [0.4, 0.5) is 8.78 Å². The predicted octanol–water partition coefficient (Wildman–Crippen LogP) is 3.82. The third-order valence-corrected chi connectivity index (χ3v) is 3.57. The Bertz CT molecular complexity index is 376. The molecule has 0 aliphatic carbocycles. The van der Waals surface area contributed by atoms with Crippen LogP contribution in [0.25, 0.3) is 0 Å². The van der Waals surface area contributed by atoms with Crippen molar-refractivity contribution in [3.63, 3.8) is 0 Å². The van der Waals surface area contributed by atoms with Crippen molar-refractivity contribution in [3.05, 3.63) is 33.8 Å². The van der Waals surface area contributed by atoms with Gasteiger partial charge >= 0.3 is 0 Å². The molecule has 0 spiro atoms. The minimum atomic E-state index is -1.04. The van der Waals surface area contributed by atoms with Crippen LogP contribution in [0.2, 0.25) is 0 Å². The van der Waals surface area contributed by atoms with E-state index in [1.165, 1.54) is 12.1 Å². The van der Waals surface area contributed by atoms with E-state index < -0.39 is 17.2 Å². The van der Waals surface area contributed by atoms with Gasteiger partial charge in [0, 0.05) is 12.0 Å². The lowest BCUT2D eigenvalue weighted by Gasteiger charge is -2.25. The van der Waals surface area contributed by atoms with Gasteiger partial charge in [0.15, 0.2) is 0 Å². The summed E-state index contributed by atoms with van der Waals surface area (Å²) in [5, 5.41) is 10.1. The van der Waals surface area contributed by atoms with Gasteiger partial charge in [-0.1, -0.05) is 13.8 Å². The Kier molecular flexibility index (Phi) is 4.44. The molecule has 0 aliphatic heterocycles. The minimum absolute atomic E-state index is 0.00287. The molecule has 1 N–H and O–H groups in total. The second-order valence-corrected chi connectivity index (χ2v) is 4.78. The molecule has 0 heterocycles. The second-order valence-electron chi connectivity index (χ2n) is 3.93. The summed E-state index contributed by atoms with van der Waals surface area (Å²) in [6.07, 6.45) is 0.931. The molecule has 0 unspecified atom stereocenters. The number of halogens is 3. The summed E-state index contributed by atoms with van der Waals surface area (Å²) in [5.41, 5.74) is -1.09. The molecule has 0 saturated heterocycles. The number of hydrogen-bond donors (Lipinski definition) is 1. The van der Waals surface area contributed by atoms with Crippen molar-refractivity contribution < 1.29 is 13.9 Å². The van der Waals surface area contributed by atoms with Gasteiger partial charge in [0.25, 0.3) is 0 Å². The zero-order chi connectivity index (χ0) is 12.3. The first-order valence-electron chi connectivity index (χ1n) is 5.28. The van der Waals surface area contributed by atoms with Crippen molar-refractivity contribution in [2.24, 2.45) is 0 Å². The van der Waals surface area contributed by atoms with Crippen LogP contribution in [0, 0.1) is 11.6 Å². The Morgan fingerprint density at radius 1 is 1.25 bits per heavy atom. The zero-order valence-electron chi connectivity index (χ0n) is 9.36. The normalized spacial score (nSPS) is 11.9. The average Bonchev–Trinajstić information content (AvgIpc) is 2.29. The van der Waals surface area contributed by atoms with Crippen LogP contribution in [0.1, 0.15) is 32.3 Å². The largest absolute Gasteiger partial charge is 0.390 e. The molecule has 1 aromatic carbocycles. The molecule has 0 aromatic heterocycles. The third-order valence-electron chi connectivity index (χ3n) is 2.96. The van der Waals surface area contributed by atoms with Gasteiger partial charge in [-0.3, -0.25) is 0 Å². The second kappa shape index (κ2) is 5.23. The molecule has 4 heteroatoms. The molecule has 1 rings (SSSR count). The van der Waals surface area contributed by atoms with Gasteiger partial charge in [-0.05, 0) is 40.9 Å². The molecule has 0 atom stereocenters. The summed E-state index contributed by atoms with van der Waals surface area (Å²) in [7, 11) is 0. The molecule has 0 saturated carbocycles. The standard InChI is InChI=1S/C12H15BrF2O/c1-3-12(16,4-2)7-8-10(14)6-5-9(13)11(8)15/h5-6,16H,3-4,7H2,1-2H3. The van der Waals surface area contributed by atoms with Crippen LogP contribution < -0.4 is 0 Å². The molecule has 90 valence electrons. The van der Waals surface area contributed by atoms with E-state index in [0.29, 0.717) is 12.8 Å². The molecule has 0 fully saturated rings. The van der Waals surface area contributed by atoms with Crippen LogP contribution >= 0.6 is 15.9 Å². The Hall–Kier alpha value is -0.480. The van der Waals surface area contributed by atoms with E-state index in [-0.39, 0.29) is 16.5 Å². The summed E-state index contributed by atoms with van der Waals surface area (Å²) in [4.78, 5) is 0. The Morgan fingerprint density at radius 3 is 2.31 bits per heavy atom. The first-order chi connectivity index (χ1) is 7.43. The smallest absolute Gasteiger partial charge is 0.143 e. The van der Waals surface area contributed by atoms with Gasteiger partial charge in [0.2, 0.25) is 0 Å². The van der Waals surface area contributed by atoms with Gasteiger partial charge in [0.1, 0.15) is 11.6 Å². The highest BCUT2D eigenvalue weighted by molar-refractivity contribution is 9.10. The maximum Gasteiger partial charge on any atom is 0.143 e. The van der Waals surface area contributed by atoms with Crippen molar-refractivity contribution in [1.29, 1.82) is 0 Å². The fourth-order valence-corrected chi connectivity index (χ4v) is 1.93. The highest BCUT2D eigenvalue weighted by Crippen LogP contribution is 2.27. The molecule has 0 amide bonds. The van der Waals surface area contributed by atoms with Crippen molar-refractivity contribution in [3.8, 4) is 0 Å². The molecule has 0 aliphatic rings. The van der Waals surface area contributed by atoms with Crippen LogP contribution in [0.5, 0.6) is 0 Å². The quantitative estimate of drug-likeness (QED) is 0.837. The SMILES string of the molecule is CCC(O)(CC)Cc1c(F)ccc(Br)c1F. The fourth-order valence-electron chi connectivity index (χ4n) is 1.56. The Balaban J connectivity index is 3.10. The van der Waals surface area contributed by atoms with E-state index in [1.54, 1.807) is 13.8 Å². The van der Waals surface area contributed by atoms with Crippen LogP contribution in [0.15, 0.2) is 16.6 Å². The number of hydrogen-bond acceptors (Lipinski definition) is 1. The molecule has 16 heavy (non-hydrogen) atoms. The first-order valence-corrected chi connectivity index (χ1v) is 6.07. The lowest BCUT2D eigenvalue weighted by Crippen LogP contribution is -2.30. The summed E-state index contributed by atoms with van der Waals surface area (Å²) in [6, 6.07) is 2.53. The topological polar surface area (TPSA) is 20.2 Å². The lowest BCUT2D eigenvalue weighted by molar-refractivity contribution is 0.0309. The van der Waals surface area contributed by atoms with E-state index in [2.05, 4.69) is 15.9 Å². The average molecular weight is 293 g/mol. The first kappa shape index (κ1) is 13.6. The monoisotopic (exact) mass is 292 g/mol. The molecule has 1 aromatic rings. The van der Waals surface area contributed by atoms with E-state index in [4.69, 9.17) is 0 Å². The van der Waals surface area contributed by atoms with Gasteiger partial charge < -0.3 is 5.11 Å². The molecule has 0 radical (unpaired) electrons. The van der Waals surface area contributed by atoms with E-state index in [9.17, 15) is 13.9 Å².